The lowest BCUT2D eigenvalue weighted by Crippen LogP contribution is -2.17. The zero-order valence-corrected chi connectivity index (χ0v) is 18.9. The van der Waals surface area contributed by atoms with Crippen molar-refractivity contribution < 1.29 is 9.59 Å². The minimum atomic E-state index is -0.232. The van der Waals surface area contributed by atoms with Crippen molar-refractivity contribution in [3.63, 3.8) is 0 Å². The first kappa shape index (κ1) is 20.0. The summed E-state index contributed by atoms with van der Waals surface area (Å²) in [5, 5.41) is 9.94. The zero-order chi connectivity index (χ0) is 21.5. The van der Waals surface area contributed by atoms with Crippen LogP contribution in [-0.2, 0) is 24.1 Å². The van der Waals surface area contributed by atoms with Gasteiger partial charge in [0.15, 0.2) is 5.82 Å². The van der Waals surface area contributed by atoms with Crippen LogP contribution >= 0.6 is 22.7 Å². The molecule has 0 saturated heterocycles. The maximum Gasteiger partial charge on any atom is 0.252 e. The third-order valence-electron chi connectivity index (χ3n) is 5.38. The van der Waals surface area contributed by atoms with Gasteiger partial charge in [0.2, 0.25) is 11.7 Å². The molecule has 0 aromatic carbocycles. The number of amides is 1. The lowest BCUT2D eigenvalue weighted by Gasteiger charge is -2.12. The highest BCUT2D eigenvalue weighted by Crippen LogP contribution is 2.39. The smallest absolute Gasteiger partial charge is 0.252 e. The van der Waals surface area contributed by atoms with Crippen molar-refractivity contribution >= 4 is 45.1 Å². The second kappa shape index (κ2) is 7.97. The number of carbonyl (C=O) groups is 2. The lowest BCUT2D eigenvalue weighted by molar-refractivity contribution is -0.115. The number of nitrogens with zero attached hydrogens (tertiary/aromatic N) is 4. The highest BCUT2D eigenvalue weighted by atomic mass is 32.1. The van der Waals surface area contributed by atoms with Gasteiger partial charge in [-0.05, 0) is 62.6 Å². The summed E-state index contributed by atoms with van der Waals surface area (Å²) in [6, 6.07) is 5.63. The molecule has 4 heterocycles. The molecule has 1 aliphatic rings. The van der Waals surface area contributed by atoms with Gasteiger partial charge in [-0.25, -0.2) is 9.50 Å². The van der Waals surface area contributed by atoms with E-state index in [2.05, 4.69) is 20.4 Å². The molecule has 0 fully saturated rings. The molecule has 9 heteroatoms. The molecule has 1 N–H and O–H groups in total. The molecule has 0 saturated carbocycles. The highest BCUT2D eigenvalue weighted by Gasteiger charge is 2.27. The van der Waals surface area contributed by atoms with Gasteiger partial charge in [-0.15, -0.1) is 27.8 Å². The molecular weight excluding hydrogens is 430 g/mol. The minimum Gasteiger partial charge on any atom is -0.317 e. The number of rotatable bonds is 5. The Morgan fingerprint density at radius 3 is 2.84 bits per heavy atom. The van der Waals surface area contributed by atoms with Crippen molar-refractivity contribution in [2.24, 2.45) is 0 Å². The molecule has 158 valence electrons. The Kier molecular flexibility index (Phi) is 5.15. The molecular formula is C22H21N5O2S2. The number of aryl methyl sites for hydroxylation is 3. The topological polar surface area (TPSA) is 89.3 Å². The zero-order valence-electron chi connectivity index (χ0n) is 17.3. The summed E-state index contributed by atoms with van der Waals surface area (Å²) in [6.45, 7) is 3.83. The number of anilines is 1. The van der Waals surface area contributed by atoms with Gasteiger partial charge in [0, 0.05) is 16.3 Å². The fourth-order valence-corrected chi connectivity index (χ4v) is 6.00. The Morgan fingerprint density at radius 1 is 1.19 bits per heavy atom. The van der Waals surface area contributed by atoms with Crippen LogP contribution in [0.3, 0.4) is 0 Å². The van der Waals surface area contributed by atoms with Crippen molar-refractivity contribution in [1.29, 1.82) is 0 Å². The van der Waals surface area contributed by atoms with E-state index in [-0.39, 0.29) is 18.1 Å². The summed E-state index contributed by atoms with van der Waals surface area (Å²) in [4.78, 5) is 36.8. The van der Waals surface area contributed by atoms with Crippen LogP contribution in [0.2, 0.25) is 0 Å². The monoisotopic (exact) mass is 451 g/mol. The van der Waals surface area contributed by atoms with E-state index in [1.54, 1.807) is 4.52 Å². The second-order valence-corrected chi connectivity index (χ2v) is 9.78. The van der Waals surface area contributed by atoms with Crippen molar-refractivity contribution in [1.82, 2.24) is 19.6 Å². The molecule has 0 radical (unpaired) electrons. The van der Waals surface area contributed by atoms with E-state index >= 15 is 0 Å². The lowest BCUT2D eigenvalue weighted by atomic mass is 9.93. The van der Waals surface area contributed by atoms with Gasteiger partial charge >= 0.3 is 0 Å². The van der Waals surface area contributed by atoms with Gasteiger partial charge in [0.1, 0.15) is 5.00 Å². The van der Waals surface area contributed by atoms with Gasteiger partial charge in [-0.2, -0.15) is 4.98 Å². The molecule has 1 amide bonds. The van der Waals surface area contributed by atoms with Crippen molar-refractivity contribution in [2.75, 3.05) is 5.32 Å². The third kappa shape index (κ3) is 3.79. The Bertz CT molecular complexity index is 1300. The van der Waals surface area contributed by atoms with Crippen LogP contribution in [0.25, 0.3) is 5.78 Å². The first-order chi connectivity index (χ1) is 15.0. The van der Waals surface area contributed by atoms with E-state index in [0.29, 0.717) is 27.0 Å². The third-order valence-corrected chi connectivity index (χ3v) is 7.45. The Hall–Kier alpha value is -2.91. The molecule has 4 aromatic heterocycles. The maximum atomic E-state index is 13.2. The van der Waals surface area contributed by atoms with Gasteiger partial charge < -0.3 is 5.32 Å². The van der Waals surface area contributed by atoms with Crippen LogP contribution in [0.5, 0.6) is 0 Å². The fourth-order valence-electron chi connectivity index (χ4n) is 4.02. The molecule has 0 atom stereocenters. The van der Waals surface area contributed by atoms with Crippen LogP contribution < -0.4 is 5.32 Å². The number of thiophene rings is 2. The number of hydrogen-bond acceptors (Lipinski definition) is 7. The number of ketones is 1. The van der Waals surface area contributed by atoms with Gasteiger partial charge in [0.05, 0.1) is 16.9 Å². The summed E-state index contributed by atoms with van der Waals surface area (Å²) in [6.07, 6.45) is 4.05. The predicted octanol–water partition coefficient (Wildman–Crippen LogP) is 4.16. The molecule has 5 rings (SSSR count). The number of carbonyl (C=O) groups excluding carboxylic acids is 2. The van der Waals surface area contributed by atoms with Gasteiger partial charge in [-0.1, -0.05) is 6.07 Å². The fraction of sp³-hybridized carbons (Fsp3) is 0.318. The molecule has 31 heavy (non-hydrogen) atoms. The quantitative estimate of drug-likeness (QED) is 0.460. The van der Waals surface area contributed by atoms with Crippen LogP contribution in [-0.4, -0.2) is 31.3 Å². The molecule has 4 aromatic rings. The minimum absolute atomic E-state index is 0.00847. The summed E-state index contributed by atoms with van der Waals surface area (Å²) in [7, 11) is 0. The Labute approximate surface area is 187 Å². The summed E-state index contributed by atoms with van der Waals surface area (Å²) in [5.74, 6) is 0.654. The summed E-state index contributed by atoms with van der Waals surface area (Å²) < 4.78 is 1.64. The molecule has 0 spiro atoms. The standard InChI is InChI=1S/C22H21N5O2S2/c1-12-10-13(2)27-22(23-12)24-17(26-27)11-18(28)25-21-19(20(29)16-8-5-9-30-16)14-6-3-4-7-15(14)31-21/h5,8-10H,3-4,6-7,11H2,1-2H3,(H,25,28). The molecule has 1 aliphatic carbocycles. The van der Waals surface area contributed by atoms with Crippen LogP contribution in [0, 0.1) is 13.8 Å². The van der Waals surface area contributed by atoms with E-state index in [1.807, 2.05) is 37.4 Å². The number of hydrogen-bond donors (Lipinski definition) is 1. The first-order valence-electron chi connectivity index (χ1n) is 10.2. The molecule has 0 aliphatic heterocycles. The van der Waals surface area contributed by atoms with E-state index in [4.69, 9.17) is 0 Å². The van der Waals surface area contributed by atoms with Crippen molar-refractivity contribution in [2.45, 2.75) is 46.0 Å². The first-order valence-corrected chi connectivity index (χ1v) is 11.9. The SMILES string of the molecule is Cc1cc(C)n2nc(CC(=O)Nc3sc4c(c3C(=O)c3cccs3)CCCC4)nc2n1. The average molecular weight is 452 g/mol. The molecule has 7 nitrogen and oxygen atoms in total. The second-order valence-electron chi connectivity index (χ2n) is 7.73. The van der Waals surface area contributed by atoms with Gasteiger partial charge in [0.25, 0.3) is 5.78 Å². The van der Waals surface area contributed by atoms with Crippen molar-refractivity contribution in [3.8, 4) is 0 Å². The summed E-state index contributed by atoms with van der Waals surface area (Å²) >= 11 is 2.96. The Balaban J connectivity index is 1.43. The largest absolute Gasteiger partial charge is 0.317 e. The normalized spacial score (nSPS) is 13.4. The Morgan fingerprint density at radius 2 is 2.03 bits per heavy atom. The molecule has 0 bridgehead atoms. The summed E-state index contributed by atoms with van der Waals surface area (Å²) in [5.41, 5.74) is 3.53. The van der Waals surface area contributed by atoms with E-state index < -0.39 is 0 Å². The van der Waals surface area contributed by atoms with Gasteiger partial charge in [-0.3, -0.25) is 9.59 Å². The molecule has 0 unspecified atom stereocenters. The van der Waals surface area contributed by atoms with Crippen LogP contribution in [0.4, 0.5) is 5.00 Å². The number of aromatic nitrogens is 4. The van der Waals surface area contributed by atoms with E-state index in [9.17, 15) is 9.59 Å². The maximum absolute atomic E-state index is 13.2. The van der Waals surface area contributed by atoms with E-state index in [1.165, 1.54) is 27.6 Å². The average Bonchev–Trinajstić information content (AvgIpc) is 3.45. The predicted molar refractivity (Wildman–Crippen MR) is 121 cm³/mol. The van der Waals surface area contributed by atoms with Crippen molar-refractivity contribution in [3.05, 3.63) is 61.7 Å². The number of fused-ring (bicyclic) bond motifs is 2. The number of nitrogens with one attached hydrogen (secondary N) is 1. The van der Waals surface area contributed by atoms with E-state index in [0.717, 1.165) is 42.6 Å². The highest BCUT2D eigenvalue weighted by molar-refractivity contribution is 7.17. The van der Waals surface area contributed by atoms with Crippen LogP contribution in [0.15, 0.2) is 23.6 Å². The van der Waals surface area contributed by atoms with Crippen LogP contribution in [0.1, 0.15) is 55.7 Å².